The van der Waals surface area contributed by atoms with E-state index in [1.54, 1.807) is 7.11 Å². The summed E-state index contributed by atoms with van der Waals surface area (Å²) in [6.45, 7) is 0.557. The van der Waals surface area contributed by atoms with E-state index in [4.69, 9.17) is 10.5 Å². The van der Waals surface area contributed by atoms with Crippen molar-refractivity contribution in [1.82, 2.24) is 19.7 Å². The van der Waals surface area contributed by atoms with E-state index >= 15 is 0 Å². The molecule has 3 aromatic rings. The fourth-order valence-electron chi connectivity index (χ4n) is 3.66. The molecule has 4 rings (SSSR count). The number of fused-ring (bicyclic) bond motifs is 1. The lowest BCUT2D eigenvalue weighted by molar-refractivity contribution is 0.124. The number of hydrogen-bond acceptors (Lipinski definition) is 7. The van der Waals surface area contributed by atoms with E-state index in [0.29, 0.717) is 29.8 Å². The van der Waals surface area contributed by atoms with E-state index in [2.05, 4.69) is 20.4 Å². The second kappa shape index (κ2) is 7.40. The summed E-state index contributed by atoms with van der Waals surface area (Å²) in [5.41, 5.74) is 8.29. The highest BCUT2D eigenvalue weighted by molar-refractivity contribution is 5.85. The van der Waals surface area contributed by atoms with E-state index in [-0.39, 0.29) is 18.1 Å². The Bertz CT molecular complexity index is 941. The van der Waals surface area contributed by atoms with Crippen molar-refractivity contribution in [2.24, 2.45) is 0 Å². The van der Waals surface area contributed by atoms with Crippen molar-refractivity contribution in [2.75, 3.05) is 18.2 Å². The van der Waals surface area contributed by atoms with E-state index in [1.807, 2.05) is 35.1 Å². The van der Waals surface area contributed by atoms with Crippen LogP contribution in [0.4, 0.5) is 11.8 Å². The molecule has 1 saturated carbocycles. The van der Waals surface area contributed by atoms with Gasteiger partial charge in [0.1, 0.15) is 11.3 Å². The van der Waals surface area contributed by atoms with Crippen LogP contribution in [0.25, 0.3) is 11.0 Å². The van der Waals surface area contributed by atoms with Gasteiger partial charge in [-0.05, 0) is 31.7 Å². The lowest BCUT2D eigenvalue weighted by Crippen LogP contribution is -2.30. The Morgan fingerprint density at radius 2 is 2.15 bits per heavy atom. The summed E-state index contributed by atoms with van der Waals surface area (Å²) in [4.78, 5) is 8.66. The molecule has 1 fully saturated rings. The van der Waals surface area contributed by atoms with Crippen molar-refractivity contribution < 1.29 is 9.84 Å². The summed E-state index contributed by atoms with van der Waals surface area (Å²) >= 11 is 0. The van der Waals surface area contributed by atoms with Gasteiger partial charge in [-0.15, -0.1) is 0 Å². The van der Waals surface area contributed by atoms with Crippen LogP contribution in [0.5, 0.6) is 5.75 Å². The van der Waals surface area contributed by atoms with Gasteiger partial charge in [-0.25, -0.2) is 4.98 Å². The molecule has 1 aliphatic rings. The highest BCUT2D eigenvalue weighted by Crippen LogP contribution is 2.26. The zero-order chi connectivity index (χ0) is 18.8. The number of aliphatic hydroxyl groups excluding tert-OH is 1. The molecule has 0 unspecified atom stereocenters. The van der Waals surface area contributed by atoms with Crippen LogP contribution in [0, 0.1) is 0 Å². The van der Waals surface area contributed by atoms with Crippen LogP contribution in [0.1, 0.15) is 31.2 Å². The zero-order valence-corrected chi connectivity index (χ0v) is 15.3. The number of para-hydroxylation sites is 1. The minimum Gasteiger partial charge on any atom is -0.496 e. The molecule has 27 heavy (non-hydrogen) atoms. The average Bonchev–Trinajstić information content (AvgIpc) is 3.04. The number of benzene rings is 1. The van der Waals surface area contributed by atoms with E-state index in [9.17, 15) is 5.11 Å². The molecule has 0 amide bonds. The molecule has 0 spiro atoms. The predicted molar refractivity (Wildman–Crippen MR) is 104 cm³/mol. The fraction of sp³-hybridized carbons (Fsp3) is 0.421. The molecule has 0 radical (unpaired) electrons. The van der Waals surface area contributed by atoms with Crippen LogP contribution < -0.4 is 15.8 Å². The second-order valence-electron chi connectivity index (χ2n) is 6.96. The third-order valence-electron chi connectivity index (χ3n) is 4.94. The number of methoxy groups -OCH3 is 1. The fourth-order valence-corrected chi connectivity index (χ4v) is 3.66. The summed E-state index contributed by atoms with van der Waals surface area (Å²) in [6, 6.07) is 8.01. The first kappa shape index (κ1) is 17.5. The van der Waals surface area contributed by atoms with Gasteiger partial charge in [0, 0.05) is 11.6 Å². The molecule has 1 aromatic carbocycles. The van der Waals surface area contributed by atoms with Crippen molar-refractivity contribution in [3.63, 3.8) is 0 Å². The van der Waals surface area contributed by atoms with Crippen molar-refractivity contribution in [2.45, 2.75) is 44.4 Å². The maximum Gasteiger partial charge on any atom is 0.222 e. The summed E-state index contributed by atoms with van der Waals surface area (Å²) in [5.74, 6) is 1.64. The molecule has 142 valence electrons. The number of nitrogens with two attached hydrogens (primary N) is 1. The lowest BCUT2D eigenvalue weighted by Gasteiger charge is -2.27. The predicted octanol–water partition coefficient (Wildman–Crippen LogP) is 2.18. The van der Waals surface area contributed by atoms with Gasteiger partial charge < -0.3 is 20.9 Å². The first-order valence-corrected chi connectivity index (χ1v) is 9.19. The molecule has 2 heterocycles. The monoisotopic (exact) mass is 368 g/mol. The van der Waals surface area contributed by atoms with E-state index in [0.717, 1.165) is 30.6 Å². The third kappa shape index (κ3) is 3.80. The summed E-state index contributed by atoms with van der Waals surface area (Å²) in [7, 11) is 1.66. The van der Waals surface area contributed by atoms with Crippen LogP contribution in [0.3, 0.4) is 0 Å². The number of nitrogen functional groups attached to an aromatic ring is 1. The number of ether oxygens (including phenoxy) is 1. The Kier molecular flexibility index (Phi) is 4.81. The number of aliphatic hydroxyl groups is 1. The highest BCUT2D eigenvalue weighted by atomic mass is 16.5. The Morgan fingerprint density at radius 1 is 1.30 bits per heavy atom. The molecule has 8 nitrogen and oxygen atoms in total. The molecule has 0 saturated heterocycles. The number of nitrogens with zero attached hydrogens (tertiary/aromatic N) is 4. The van der Waals surface area contributed by atoms with Gasteiger partial charge in [0.05, 0.1) is 26.0 Å². The molecule has 0 bridgehead atoms. The Labute approximate surface area is 157 Å². The quantitative estimate of drug-likeness (QED) is 0.633. The van der Waals surface area contributed by atoms with Crippen molar-refractivity contribution >= 4 is 22.8 Å². The summed E-state index contributed by atoms with van der Waals surface area (Å²) in [5, 5.41) is 18.0. The maximum atomic E-state index is 9.91. The third-order valence-corrected chi connectivity index (χ3v) is 4.94. The normalized spacial score (nSPS) is 19.9. The molecule has 8 heteroatoms. The number of anilines is 2. The van der Waals surface area contributed by atoms with Gasteiger partial charge in [-0.2, -0.15) is 10.1 Å². The van der Waals surface area contributed by atoms with Crippen LogP contribution in [-0.2, 0) is 6.54 Å². The van der Waals surface area contributed by atoms with Crippen LogP contribution in [-0.4, -0.2) is 44.1 Å². The number of aromatic nitrogens is 4. The SMILES string of the molecule is COc1ccccc1Cn1cc2nc(N)nc(N[C@@H]3CCC[C@@H](O)C3)c2n1. The Balaban J connectivity index is 1.63. The smallest absolute Gasteiger partial charge is 0.222 e. The number of nitrogens with one attached hydrogen (secondary N) is 1. The minimum absolute atomic E-state index is 0.158. The van der Waals surface area contributed by atoms with Gasteiger partial charge in [-0.3, -0.25) is 4.68 Å². The lowest BCUT2D eigenvalue weighted by atomic mass is 9.93. The van der Waals surface area contributed by atoms with Gasteiger partial charge in [0.2, 0.25) is 5.95 Å². The second-order valence-corrected chi connectivity index (χ2v) is 6.96. The van der Waals surface area contributed by atoms with E-state index in [1.165, 1.54) is 0 Å². The van der Waals surface area contributed by atoms with Gasteiger partial charge in [0.15, 0.2) is 11.3 Å². The van der Waals surface area contributed by atoms with Crippen LogP contribution in [0.2, 0.25) is 0 Å². The van der Waals surface area contributed by atoms with Gasteiger partial charge >= 0.3 is 0 Å². The minimum atomic E-state index is -0.269. The van der Waals surface area contributed by atoms with Crippen LogP contribution in [0.15, 0.2) is 30.5 Å². The Hall–Kier alpha value is -2.87. The van der Waals surface area contributed by atoms with Gasteiger partial charge in [0.25, 0.3) is 0 Å². The van der Waals surface area contributed by atoms with E-state index < -0.39 is 0 Å². The molecule has 0 aliphatic heterocycles. The summed E-state index contributed by atoms with van der Waals surface area (Å²) in [6.07, 6.45) is 5.13. The highest BCUT2D eigenvalue weighted by Gasteiger charge is 2.22. The first-order valence-electron chi connectivity index (χ1n) is 9.19. The van der Waals surface area contributed by atoms with Crippen molar-refractivity contribution in [3.05, 3.63) is 36.0 Å². The van der Waals surface area contributed by atoms with Crippen molar-refractivity contribution in [1.29, 1.82) is 0 Å². The van der Waals surface area contributed by atoms with Gasteiger partial charge in [-0.1, -0.05) is 18.2 Å². The Morgan fingerprint density at radius 3 is 2.96 bits per heavy atom. The standard InChI is InChI=1S/C19H24N6O2/c1-27-16-8-3-2-5-12(16)10-25-11-15-17(24-25)18(23-19(20)22-15)21-13-6-4-7-14(26)9-13/h2-3,5,8,11,13-14,26H,4,6-7,9-10H2,1H3,(H3,20,21,22,23)/t13-,14-/m1/s1. The number of rotatable bonds is 5. The zero-order valence-electron chi connectivity index (χ0n) is 15.3. The first-order chi connectivity index (χ1) is 13.1. The topological polar surface area (TPSA) is 111 Å². The molecule has 2 atom stereocenters. The molecular weight excluding hydrogens is 344 g/mol. The molecule has 1 aliphatic carbocycles. The summed E-state index contributed by atoms with van der Waals surface area (Å²) < 4.78 is 7.24. The van der Waals surface area contributed by atoms with Crippen LogP contribution >= 0.6 is 0 Å². The maximum absolute atomic E-state index is 9.91. The molecular formula is C19H24N6O2. The van der Waals surface area contributed by atoms with Crippen molar-refractivity contribution in [3.8, 4) is 5.75 Å². The molecule has 2 aromatic heterocycles. The average molecular weight is 368 g/mol. The molecule has 4 N–H and O–H groups in total. The largest absolute Gasteiger partial charge is 0.496 e. The number of hydrogen-bond donors (Lipinski definition) is 3.